The number of rotatable bonds is 6. The normalized spacial score (nSPS) is 11.2. The average Bonchev–Trinajstić information content (AvgIpc) is 2.98. The van der Waals surface area contributed by atoms with E-state index in [0.717, 1.165) is 5.69 Å². The van der Waals surface area contributed by atoms with E-state index in [1.54, 1.807) is 32.2 Å². The molecule has 3 aromatic rings. The van der Waals surface area contributed by atoms with Gasteiger partial charge in [-0.2, -0.15) is 5.10 Å². The third kappa shape index (κ3) is 4.92. The molecule has 0 atom stereocenters. The molecule has 10 heteroatoms. The summed E-state index contributed by atoms with van der Waals surface area (Å²) in [5.74, 6) is -0.245. The molecule has 0 bridgehead atoms. The van der Waals surface area contributed by atoms with E-state index in [0.29, 0.717) is 17.1 Å². The Bertz CT molecular complexity index is 1090. The summed E-state index contributed by atoms with van der Waals surface area (Å²) in [4.78, 5) is 20.2. The zero-order valence-corrected chi connectivity index (χ0v) is 16.5. The average molecular weight is 400 g/mol. The predicted octanol–water partition coefficient (Wildman–Crippen LogP) is 2.04. The lowest BCUT2D eigenvalue weighted by Crippen LogP contribution is -2.19. The Kier molecular flexibility index (Phi) is 5.41. The Morgan fingerprint density at radius 3 is 2.21 bits per heavy atom. The molecular weight excluding hydrogens is 380 g/mol. The van der Waals surface area contributed by atoms with Crippen LogP contribution < -0.4 is 10.0 Å². The number of hydrogen-bond acceptors (Lipinski definition) is 6. The number of amides is 1. The highest BCUT2D eigenvalue weighted by Crippen LogP contribution is 2.17. The molecule has 0 aliphatic rings. The molecule has 0 aliphatic heterocycles. The fraction of sp³-hybridized carbons (Fsp3) is 0.222. The number of aromatic nitrogens is 4. The highest BCUT2D eigenvalue weighted by Gasteiger charge is 2.16. The number of anilines is 2. The third-order valence-electron chi connectivity index (χ3n) is 3.74. The maximum Gasteiger partial charge on any atom is 0.264 e. The van der Waals surface area contributed by atoms with Crippen LogP contribution in [0.2, 0.25) is 0 Å². The molecule has 0 fully saturated rings. The van der Waals surface area contributed by atoms with Gasteiger partial charge in [-0.1, -0.05) is 0 Å². The first-order chi connectivity index (χ1) is 13.2. The minimum absolute atomic E-state index is 0.0180. The summed E-state index contributed by atoms with van der Waals surface area (Å²) in [7, 11) is -3.84. The Labute approximate surface area is 162 Å². The van der Waals surface area contributed by atoms with Crippen molar-refractivity contribution in [2.45, 2.75) is 32.2 Å². The largest absolute Gasteiger partial charge is 0.324 e. The number of carbonyl (C=O) groups is 1. The summed E-state index contributed by atoms with van der Waals surface area (Å²) < 4.78 is 28.9. The van der Waals surface area contributed by atoms with Crippen LogP contribution in [-0.2, 0) is 21.4 Å². The van der Waals surface area contributed by atoms with E-state index in [1.165, 1.54) is 28.9 Å². The Balaban J connectivity index is 1.67. The molecule has 1 amide bonds. The van der Waals surface area contributed by atoms with Crippen LogP contribution in [-0.4, -0.2) is 34.1 Å². The smallest absolute Gasteiger partial charge is 0.264 e. The number of carbonyl (C=O) groups excluding carboxylic acids is 1. The molecule has 0 saturated heterocycles. The molecule has 0 spiro atoms. The predicted molar refractivity (Wildman–Crippen MR) is 104 cm³/mol. The molecule has 9 nitrogen and oxygen atoms in total. The molecule has 3 rings (SSSR count). The molecule has 0 radical (unpaired) electrons. The van der Waals surface area contributed by atoms with Gasteiger partial charge in [0.1, 0.15) is 6.54 Å². The van der Waals surface area contributed by atoms with Crippen LogP contribution in [0.4, 0.5) is 11.6 Å². The summed E-state index contributed by atoms with van der Waals surface area (Å²) in [6.45, 7) is 5.42. The highest BCUT2D eigenvalue weighted by atomic mass is 32.2. The van der Waals surface area contributed by atoms with Crippen LogP contribution in [0, 0.1) is 20.8 Å². The minimum Gasteiger partial charge on any atom is -0.324 e. The topological polar surface area (TPSA) is 119 Å². The van der Waals surface area contributed by atoms with Gasteiger partial charge in [0.15, 0.2) is 0 Å². The van der Waals surface area contributed by atoms with Gasteiger partial charge in [0.2, 0.25) is 11.9 Å². The van der Waals surface area contributed by atoms with Gasteiger partial charge in [-0.15, -0.1) is 0 Å². The second kappa shape index (κ2) is 7.77. The van der Waals surface area contributed by atoms with Gasteiger partial charge >= 0.3 is 0 Å². The standard InChI is InChI=1S/C18H20N6O3S/c1-12-8-9-24(22-12)11-17(25)21-15-4-6-16(7-5-15)28(26,27)23-18-19-13(2)10-14(3)20-18/h4-10H,11H2,1-3H3,(H,21,25)(H,19,20,23). The van der Waals surface area contributed by atoms with Crippen molar-refractivity contribution in [2.75, 3.05) is 10.0 Å². The first-order valence-electron chi connectivity index (χ1n) is 8.46. The van der Waals surface area contributed by atoms with Crippen LogP contribution >= 0.6 is 0 Å². The monoisotopic (exact) mass is 400 g/mol. The van der Waals surface area contributed by atoms with Gasteiger partial charge in [0.05, 0.1) is 10.6 Å². The lowest BCUT2D eigenvalue weighted by atomic mass is 10.3. The zero-order valence-electron chi connectivity index (χ0n) is 15.7. The third-order valence-corrected chi connectivity index (χ3v) is 5.08. The van der Waals surface area contributed by atoms with Gasteiger partial charge in [-0.25, -0.2) is 23.1 Å². The van der Waals surface area contributed by atoms with Crippen LogP contribution in [0.15, 0.2) is 47.5 Å². The quantitative estimate of drug-likeness (QED) is 0.653. The van der Waals surface area contributed by atoms with Crippen LogP contribution in [0.25, 0.3) is 0 Å². The summed E-state index contributed by atoms with van der Waals surface area (Å²) in [5, 5.41) is 6.85. The fourth-order valence-corrected chi connectivity index (χ4v) is 3.51. The molecule has 2 N–H and O–H groups in total. The van der Waals surface area contributed by atoms with E-state index < -0.39 is 10.0 Å². The number of hydrogen-bond donors (Lipinski definition) is 2. The van der Waals surface area contributed by atoms with E-state index in [2.05, 4.69) is 25.1 Å². The van der Waals surface area contributed by atoms with Crippen molar-refractivity contribution < 1.29 is 13.2 Å². The number of aryl methyl sites for hydroxylation is 3. The minimum atomic E-state index is -3.84. The first kappa shape index (κ1) is 19.5. The lowest BCUT2D eigenvalue weighted by Gasteiger charge is -2.09. The number of benzene rings is 1. The summed E-state index contributed by atoms with van der Waals surface area (Å²) >= 11 is 0. The molecular formula is C18H20N6O3S. The summed E-state index contributed by atoms with van der Waals surface area (Å²) in [6, 6.07) is 9.39. The van der Waals surface area contributed by atoms with E-state index >= 15 is 0 Å². The van der Waals surface area contributed by atoms with Gasteiger partial charge in [0.25, 0.3) is 10.0 Å². The van der Waals surface area contributed by atoms with Crippen molar-refractivity contribution in [2.24, 2.45) is 0 Å². The second-order valence-electron chi connectivity index (χ2n) is 6.31. The molecule has 0 unspecified atom stereocenters. The second-order valence-corrected chi connectivity index (χ2v) is 7.99. The molecule has 146 valence electrons. The van der Waals surface area contributed by atoms with Crippen LogP contribution in [0.1, 0.15) is 17.1 Å². The zero-order chi connectivity index (χ0) is 20.3. The van der Waals surface area contributed by atoms with E-state index in [1.807, 2.05) is 6.92 Å². The Morgan fingerprint density at radius 1 is 1.00 bits per heavy atom. The van der Waals surface area contributed by atoms with Gasteiger partial charge in [0, 0.05) is 23.3 Å². The number of sulfonamides is 1. The SMILES string of the molecule is Cc1cc(C)nc(NS(=O)(=O)c2ccc(NC(=O)Cn3ccc(C)n3)cc2)n1. The van der Waals surface area contributed by atoms with Crippen molar-refractivity contribution >= 4 is 27.6 Å². The molecule has 28 heavy (non-hydrogen) atoms. The lowest BCUT2D eigenvalue weighted by molar-refractivity contribution is -0.116. The first-order valence-corrected chi connectivity index (χ1v) is 9.95. The number of nitrogens with one attached hydrogen (secondary N) is 2. The van der Waals surface area contributed by atoms with Gasteiger partial charge in [-0.3, -0.25) is 9.48 Å². The highest BCUT2D eigenvalue weighted by molar-refractivity contribution is 7.92. The maximum atomic E-state index is 12.5. The molecule has 1 aromatic carbocycles. The Hall–Kier alpha value is -3.27. The van der Waals surface area contributed by atoms with Crippen molar-refractivity contribution in [3.63, 3.8) is 0 Å². The fourth-order valence-electron chi connectivity index (χ4n) is 2.57. The molecule has 0 aliphatic carbocycles. The van der Waals surface area contributed by atoms with Crippen LogP contribution in [0.3, 0.4) is 0 Å². The van der Waals surface area contributed by atoms with Crippen molar-refractivity contribution in [1.82, 2.24) is 19.7 Å². The van der Waals surface area contributed by atoms with Gasteiger partial charge < -0.3 is 5.32 Å². The number of nitrogens with zero attached hydrogens (tertiary/aromatic N) is 4. The van der Waals surface area contributed by atoms with Crippen molar-refractivity contribution in [3.8, 4) is 0 Å². The van der Waals surface area contributed by atoms with E-state index in [4.69, 9.17) is 0 Å². The summed E-state index contributed by atoms with van der Waals surface area (Å²) in [5.41, 5.74) is 2.63. The maximum absolute atomic E-state index is 12.5. The van der Waals surface area contributed by atoms with Gasteiger partial charge in [-0.05, 0) is 57.2 Å². The van der Waals surface area contributed by atoms with E-state index in [9.17, 15) is 13.2 Å². The van der Waals surface area contributed by atoms with Crippen LogP contribution in [0.5, 0.6) is 0 Å². The van der Waals surface area contributed by atoms with Crippen molar-refractivity contribution in [1.29, 1.82) is 0 Å². The van der Waals surface area contributed by atoms with Crippen molar-refractivity contribution in [3.05, 3.63) is 59.7 Å². The molecule has 2 aromatic heterocycles. The summed E-state index contributed by atoms with van der Waals surface area (Å²) in [6.07, 6.45) is 1.71. The Morgan fingerprint density at radius 2 is 1.64 bits per heavy atom. The van der Waals surface area contributed by atoms with E-state index in [-0.39, 0.29) is 23.3 Å². The molecule has 0 saturated carbocycles. The molecule has 2 heterocycles.